The number of carbonyl (C=O) groups excluding carboxylic acids is 2. The average molecular weight is 365 g/mol. The molecule has 0 bridgehead atoms. The van der Waals surface area contributed by atoms with Crippen molar-refractivity contribution < 1.29 is 9.59 Å². The molecular formula is C22H23NO2S. The molecule has 2 aromatic rings. The number of imide groups is 1. The second-order valence-corrected chi connectivity index (χ2v) is 7.71. The summed E-state index contributed by atoms with van der Waals surface area (Å²) in [6.07, 6.45) is 0.669. The van der Waals surface area contributed by atoms with Crippen LogP contribution in [-0.4, -0.2) is 29.0 Å². The molecule has 0 aromatic heterocycles. The second kappa shape index (κ2) is 7.92. The lowest BCUT2D eigenvalue weighted by atomic mass is 10.0. The molecule has 3 nitrogen and oxygen atoms in total. The minimum atomic E-state index is -0.176. The molecule has 134 valence electrons. The van der Waals surface area contributed by atoms with Crippen molar-refractivity contribution in [3.63, 3.8) is 0 Å². The molecule has 0 saturated carbocycles. The monoisotopic (exact) mass is 365 g/mol. The molecule has 2 aromatic carbocycles. The van der Waals surface area contributed by atoms with Gasteiger partial charge in [-0.15, -0.1) is 11.8 Å². The predicted molar refractivity (Wildman–Crippen MR) is 108 cm³/mol. The van der Waals surface area contributed by atoms with Crippen LogP contribution in [0.3, 0.4) is 0 Å². The first-order chi connectivity index (χ1) is 12.5. The van der Waals surface area contributed by atoms with E-state index in [1.165, 1.54) is 22.2 Å². The van der Waals surface area contributed by atoms with E-state index in [0.29, 0.717) is 23.4 Å². The summed E-state index contributed by atoms with van der Waals surface area (Å²) in [7, 11) is 0. The second-order valence-electron chi connectivity index (χ2n) is 6.43. The maximum Gasteiger partial charge on any atom is 0.267 e. The van der Waals surface area contributed by atoms with Gasteiger partial charge in [0.2, 0.25) is 0 Å². The van der Waals surface area contributed by atoms with Gasteiger partial charge in [-0.2, -0.15) is 0 Å². The van der Waals surface area contributed by atoms with Crippen LogP contribution in [0.15, 0.2) is 53.4 Å². The topological polar surface area (TPSA) is 37.4 Å². The summed E-state index contributed by atoms with van der Waals surface area (Å²) in [5, 5.41) is 0. The van der Waals surface area contributed by atoms with Gasteiger partial charge in [-0.05, 0) is 48.3 Å². The molecule has 0 fully saturated rings. The van der Waals surface area contributed by atoms with E-state index in [0.717, 1.165) is 22.4 Å². The summed E-state index contributed by atoms with van der Waals surface area (Å²) in [4.78, 5) is 27.9. The van der Waals surface area contributed by atoms with Crippen LogP contribution in [0, 0.1) is 13.8 Å². The van der Waals surface area contributed by atoms with Crippen LogP contribution in [-0.2, 0) is 16.0 Å². The Morgan fingerprint density at radius 1 is 0.923 bits per heavy atom. The van der Waals surface area contributed by atoms with E-state index in [2.05, 4.69) is 0 Å². The van der Waals surface area contributed by atoms with Crippen molar-refractivity contribution in [1.29, 1.82) is 0 Å². The van der Waals surface area contributed by atoms with Crippen molar-refractivity contribution in [3.8, 4) is 0 Å². The van der Waals surface area contributed by atoms with Crippen LogP contribution in [0.25, 0.3) is 5.57 Å². The Labute approximate surface area is 159 Å². The molecular weight excluding hydrogens is 342 g/mol. The molecule has 0 radical (unpaired) electrons. The third kappa shape index (κ3) is 3.61. The highest BCUT2D eigenvalue weighted by Gasteiger charge is 2.38. The molecule has 0 unspecified atom stereocenters. The minimum absolute atomic E-state index is 0.161. The fraction of sp³-hybridized carbons (Fsp3) is 0.273. The van der Waals surface area contributed by atoms with Crippen molar-refractivity contribution in [1.82, 2.24) is 4.90 Å². The lowest BCUT2D eigenvalue weighted by molar-refractivity contribution is -0.136. The smallest absolute Gasteiger partial charge is 0.267 e. The third-order valence-electron chi connectivity index (χ3n) is 4.68. The molecule has 0 N–H and O–H groups in total. The molecule has 1 aliphatic heterocycles. The quantitative estimate of drug-likeness (QED) is 0.713. The first kappa shape index (κ1) is 18.5. The maximum absolute atomic E-state index is 13.1. The molecule has 4 heteroatoms. The van der Waals surface area contributed by atoms with Gasteiger partial charge in [-0.25, -0.2) is 0 Å². The number of nitrogens with zero attached hydrogens (tertiary/aromatic N) is 1. The van der Waals surface area contributed by atoms with Gasteiger partial charge < -0.3 is 0 Å². The van der Waals surface area contributed by atoms with Crippen LogP contribution in [0.4, 0.5) is 0 Å². The van der Waals surface area contributed by atoms with Crippen LogP contribution < -0.4 is 0 Å². The summed E-state index contributed by atoms with van der Waals surface area (Å²) >= 11 is 1.46. The number of amides is 2. The van der Waals surface area contributed by atoms with E-state index in [4.69, 9.17) is 0 Å². The predicted octanol–water partition coefficient (Wildman–Crippen LogP) is 4.38. The Balaban J connectivity index is 1.89. The first-order valence-corrected chi connectivity index (χ1v) is 9.86. The van der Waals surface area contributed by atoms with E-state index in [9.17, 15) is 9.59 Å². The van der Waals surface area contributed by atoms with Crippen LogP contribution in [0.5, 0.6) is 0 Å². The highest BCUT2D eigenvalue weighted by molar-refractivity contribution is 8.04. The molecule has 1 heterocycles. The van der Waals surface area contributed by atoms with Crippen LogP contribution >= 0.6 is 11.8 Å². The van der Waals surface area contributed by atoms with Gasteiger partial charge in [0.25, 0.3) is 11.8 Å². The number of aryl methyl sites for hydroxylation is 2. The fourth-order valence-corrected chi connectivity index (χ4v) is 3.94. The van der Waals surface area contributed by atoms with Gasteiger partial charge in [0.1, 0.15) is 0 Å². The zero-order valence-corrected chi connectivity index (χ0v) is 16.2. The summed E-state index contributed by atoms with van der Waals surface area (Å²) in [6, 6.07) is 15.9. The highest BCUT2D eigenvalue weighted by Crippen LogP contribution is 2.36. The normalized spacial score (nSPS) is 14.5. The van der Waals surface area contributed by atoms with E-state index >= 15 is 0 Å². The molecule has 0 aliphatic carbocycles. The van der Waals surface area contributed by atoms with E-state index in [1.807, 2.05) is 69.3 Å². The van der Waals surface area contributed by atoms with Gasteiger partial charge in [0.15, 0.2) is 0 Å². The van der Waals surface area contributed by atoms with Gasteiger partial charge in [0, 0.05) is 6.54 Å². The number of thioether (sulfide) groups is 1. The summed E-state index contributed by atoms with van der Waals surface area (Å²) < 4.78 is 0. The lowest BCUT2D eigenvalue weighted by Crippen LogP contribution is -2.33. The number of rotatable bonds is 6. The van der Waals surface area contributed by atoms with Crippen molar-refractivity contribution in [2.45, 2.75) is 27.2 Å². The zero-order chi connectivity index (χ0) is 18.7. The van der Waals surface area contributed by atoms with E-state index in [-0.39, 0.29) is 11.8 Å². The standard InChI is InChI=1S/C22H23NO2S/c1-4-26-20-19(18-11-10-15(2)16(3)14-18)21(24)23(22(20)25)13-12-17-8-6-5-7-9-17/h5-11,14H,4,12-13H2,1-3H3. The van der Waals surface area contributed by atoms with Gasteiger partial charge in [0.05, 0.1) is 10.5 Å². The third-order valence-corrected chi connectivity index (χ3v) is 5.63. The minimum Gasteiger partial charge on any atom is -0.274 e. The average Bonchev–Trinajstić information content (AvgIpc) is 2.87. The van der Waals surface area contributed by atoms with Crippen molar-refractivity contribution in [2.75, 3.05) is 12.3 Å². The summed E-state index contributed by atoms with van der Waals surface area (Å²) in [5.74, 6) is 0.422. The molecule has 2 amide bonds. The van der Waals surface area contributed by atoms with E-state index < -0.39 is 0 Å². The maximum atomic E-state index is 13.1. The first-order valence-electron chi connectivity index (χ1n) is 8.87. The van der Waals surface area contributed by atoms with Crippen LogP contribution in [0.1, 0.15) is 29.2 Å². The van der Waals surface area contributed by atoms with Crippen molar-refractivity contribution in [2.24, 2.45) is 0 Å². The summed E-state index contributed by atoms with van der Waals surface area (Å²) in [5.41, 5.74) is 4.82. The number of carbonyl (C=O) groups is 2. The Hall–Kier alpha value is -2.33. The number of hydrogen-bond donors (Lipinski definition) is 0. The summed E-state index contributed by atoms with van der Waals surface area (Å²) in [6.45, 7) is 6.48. The molecule has 3 rings (SSSR count). The van der Waals surface area contributed by atoms with Gasteiger partial charge in [-0.1, -0.05) is 55.5 Å². The van der Waals surface area contributed by atoms with Gasteiger partial charge >= 0.3 is 0 Å². The SMILES string of the molecule is CCSC1=C(c2ccc(C)c(C)c2)C(=O)N(CCc2ccccc2)C1=O. The van der Waals surface area contributed by atoms with E-state index in [1.54, 1.807) is 0 Å². The lowest BCUT2D eigenvalue weighted by Gasteiger charge is -2.15. The Morgan fingerprint density at radius 3 is 2.31 bits per heavy atom. The Morgan fingerprint density at radius 2 is 1.65 bits per heavy atom. The zero-order valence-electron chi connectivity index (χ0n) is 15.4. The molecule has 26 heavy (non-hydrogen) atoms. The molecule has 1 aliphatic rings. The largest absolute Gasteiger partial charge is 0.274 e. The highest BCUT2D eigenvalue weighted by atomic mass is 32.2. The van der Waals surface area contributed by atoms with Crippen LogP contribution in [0.2, 0.25) is 0 Å². The van der Waals surface area contributed by atoms with Crippen molar-refractivity contribution in [3.05, 3.63) is 75.7 Å². The molecule has 0 spiro atoms. The Bertz CT molecular complexity index is 871. The fourth-order valence-electron chi connectivity index (χ4n) is 3.07. The molecule has 0 atom stereocenters. The number of hydrogen-bond acceptors (Lipinski definition) is 3. The Kier molecular flexibility index (Phi) is 5.62. The molecule has 0 saturated heterocycles. The van der Waals surface area contributed by atoms with Gasteiger partial charge in [-0.3, -0.25) is 14.5 Å². The van der Waals surface area contributed by atoms with Crippen molar-refractivity contribution >= 4 is 29.1 Å². The number of benzene rings is 2.